The smallest absolute Gasteiger partial charge is 0.406 e. The lowest BCUT2D eigenvalue weighted by Crippen LogP contribution is -2.04. The highest BCUT2D eigenvalue weighted by Gasteiger charge is 2.14. The van der Waals surface area contributed by atoms with Gasteiger partial charge in [-0.3, -0.25) is 0 Å². The summed E-state index contributed by atoms with van der Waals surface area (Å²) in [5, 5.41) is 10.8. The molecule has 0 saturated carbocycles. The molecule has 6 heteroatoms. The van der Waals surface area contributed by atoms with Crippen LogP contribution in [0.2, 0.25) is 0 Å². The molecule has 0 aliphatic carbocycles. The fourth-order valence-corrected chi connectivity index (χ4v) is 1.84. The molecule has 2 aromatic rings. The van der Waals surface area contributed by atoms with Gasteiger partial charge < -0.3 is 19.6 Å². The van der Waals surface area contributed by atoms with E-state index in [9.17, 15) is 10.1 Å². The second-order valence-electron chi connectivity index (χ2n) is 4.80. The van der Waals surface area contributed by atoms with Gasteiger partial charge in [-0.15, -0.1) is 0 Å². The van der Waals surface area contributed by atoms with Crippen LogP contribution in [-0.2, 0) is 0 Å². The third-order valence-electron chi connectivity index (χ3n) is 3.01. The molecule has 2 rings (SSSR count). The molecule has 0 N–H and O–H groups in total. The third-order valence-corrected chi connectivity index (χ3v) is 3.01. The number of aromatic nitrogens is 1. The second kappa shape index (κ2) is 7.97. The summed E-state index contributed by atoms with van der Waals surface area (Å²) in [6.45, 7) is 3.00. The Hall–Kier alpha value is -2.63. The van der Waals surface area contributed by atoms with Crippen LogP contribution in [0, 0.1) is 17.0 Å². The van der Waals surface area contributed by atoms with Gasteiger partial charge >= 0.3 is 5.82 Å². The third kappa shape index (κ3) is 4.73. The summed E-state index contributed by atoms with van der Waals surface area (Å²) in [6.07, 6.45) is 2.93. The van der Waals surface area contributed by atoms with Gasteiger partial charge in [0.1, 0.15) is 11.9 Å². The van der Waals surface area contributed by atoms with E-state index in [1.165, 1.54) is 11.8 Å². The maximum absolute atomic E-state index is 10.8. The second-order valence-corrected chi connectivity index (χ2v) is 4.80. The molecule has 6 nitrogen and oxygen atoms in total. The number of benzene rings is 1. The average molecular weight is 302 g/mol. The molecule has 0 bridgehead atoms. The summed E-state index contributed by atoms with van der Waals surface area (Å²) in [7, 11) is 0. The number of nitrogens with zero attached hydrogens (tertiary/aromatic N) is 2. The SMILES string of the molecule is Cc1ccc(OCCCCOc2cccnc2[N+](=O)[O-])cc1. The highest BCUT2D eigenvalue weighted by Crippen LogP contribution is 2.23. The van der Waals surface area contributed by atoms with Crippen LogP contribution >= 0.6 is 0 Å². The normalized spacial score (nSPS) is 10.2. The van der Waals surface area contributed by atoms with E-state index in [0.29, 0.717) is 13.2 Å². The molecule has 0 saturated heterocycles. The van der Waals surface area contributed by atoms with Gasteiger partial charge in [-0.25, -0.2) is 0 Å². The van der Waals surface area contributed by atoms with Gasteiger partial charge in [0.15, 0.2) is 0 Å². The molecule has 0 radical (unpaired) electrons. The zero-order chi connectivity index (χ0) is 15.8. The van der Waals surface area contributed by atoms with E-state index in [4.69, 9.17) is 9.47 Å². The number of hydrogen-bond donors (Lipinski definition) is 0. The van der Waals surface area contributed by atoms with Crippen LogP contribution in [0.5, 0.6) is 11.5 Å². The Morgan fingerprint density at radius 2 is 1.77 bits per heavy atom. The molecule has 0 aliphatic heterocycles. The van der Waals surface area contributed by atoms with Crippen LogP contribution < -0.4 is 9.47 Å². The Labute approximate surface area is 128 Å². The van der Waals surface area contributed by atoms with E-state index in [-0.39, 0.29) is 11.6 Å². The highest BCUT2D eigenvalue weighted by molar-refractivity contribution is 5.38. The number of hydrogen-bond acceptors (Lipinski definition) is 5. The van der Waals surface area contributed by atoms with Crippen molar-refractivity contribution in [3.05, 3.63) is 58.3 Å². The van der Waals surface area contributed by atoms with Gasteiger partial charge in [0.2, 0.25) is 5.75 Å². The number of unbranched alkanes of at least 4 members (excludes halogenated alkanes) is 1. The first-order valence-electron chi connectivity index (χ1n) is 7.08. The topological polar surface area (TPSA) is 74.5 Å². The fourth-order valence-electron chi connectivity index (χ4n) is 1.84. The lowest BCUT2D eigenvalue weighted by Gasteiger charge is -2.08. The molecule has 0 fully saturated rings. The van der Waals surface area contributed by atoms with Crippen molar-refractivity contribution in [2.75, 3.05) is 13.2 Å². The Kier molecular flexibility index (Phi) is 5.71. The summed E-state index contributed by atoms with van der Waals surface area (Å²) in [6, 6.07) is 11.0. The van der Waals surface area contributed by atoms with Crippen molar-refractivity contribution >= 4 is 5.82 Å². The first-order valence-corrected chi connectivity index (χ1v) is 7.08. The van der Waals surface area contributed by atoms with Gasteiger partial charge in [0.05, 0.1) is 13.2 Å². The maximum Gasteiger partial charge on any atom is 0.406 e. The lowest BCUT2D eigenvalue weighted by molar-refractivity contribution is -0.390. The lowest BCUT2D eigenvalue weighted by atomic mass is 10.2. The van der Waals surface area contributed by atoms with Gasteiger partial charge in [0, 0.05) is 0 Å². The minimum absolute atomic E-state index is 0.201. The van der Waals surface area contributed by atoms with E-state index in [2.05, 4.69) is 4.98 Å². The molecule has 0 spiro atoms. The van der Waals surface area contributed by atoms with Crippen molar-refractivity contribution in [3.8, 4) is 11.5 Å². The molecule has 1 aromatic carbocycles. The fraction of sp³-hybridized carbons (Fsp3) is 0.312. The molecule has 116 valence electrons. The zero-order valence-corrected chi connectivity index (χ0v) is 12.4. The van der Waals surface area contributed by atoms with Crippen molar-refractivity contribution in [1.82, 2.24) is 4.98 Å². The van der Waals surface area contributed by atoms with E-state index >= 15 is 0 Å². The van der Waals surface area contributed by atoms with Gasteiger partial charge in [-0.1, -0.05) is 17.7 Å². The zero-order valence-electron chi connectivity index (χ0n) is 12.4. The molecule has 0 amide bonds. The largest absolute Gasteiger partial charge is 0.494 e. The number of nitro groups is 1. The van der Waals surface area contributed by atoms with Gasteiger partial charge in [-0.05, 0) is 53.9 Å². The summed E-state index contributed by atoms with van der Waals surface area (Å²) < 4.78 is 11.0. The molecular formula is C16H18N2O4. The minimum Gasteiger partial charge on any atom is -0.494 e. The molecule has 22 heavy (non-hydrogen) atoms. The predicted molar refractivity (Wildman–Crippen MR) is 82.3 cm³/mol. The van der Waals surface area contributed by atoms with Crippen molar-refractivity contribution in [1.29, 1.82) is 0 Å². The van der Waals surface area contributed by atoms with Crippen molar-refractivity contribution in [3.63, 3.8) is 0 Å². The monoisotopic (exact) mass is 302 g/mol. The number of pyridine rings is 1. The van der Waals surface area contributed by atoms with Crippen molar-refractivity contribution in [2.45, 2.75) is 19.8 Å². The number of rotatable bonds is 8. The maximum atomic E-state index is 10.8. The molecule has 0 unspecified atom stereocenters. The van der Waals surface area contributed by atoms with E-state index in [1.807, 2.05) is 31.2 Å². The van der Waals surface area contributed by atoms with Crippen LogP contribution in [0.4, 0.5) is 5.82 Å². The Morgan fingerprint density at radius 1 is 1.09 bits per heavy atom. The molecule has 0 aliphatic rings. The molecule has 0 atom stereocenters. The predicted octanol–water partition coefficient (Wildman–Crippen LogP) is 3.54. The highest BCUT2D eigenvalue weighted by atomic mass is 16.6. The first kappa shape index (κ1) is 15.8. The Morgan fingerprint density at radius 3 is 2.45 bits per heavy atom. The van der Waals surface area contributed by atoms with Crippen LogP contribution in [0.15, 0.2) is 42.6 Å². The quantitative estimate of drug-likeness (QED) is 0.423. The Balaban J connectivity index is 1.67. The Bertz CT molecular complexity index is 614. The van der Waals surface area contributed by atoms with Crippen LogP contribution in [0.25, 0.3) is 0 Å². The summed E-state index contributed by atoms with van der Waals surface area (Å²) >= 11 is 0. The van der Waals surface area contributed by atoms with Gasteiger partial charge in [-0.2, -0.15) is 0 Å². The van der Waals surface area contributed by atoms with E-state index in [0.717, 1.165) is 18.6 Å². The standard InChI is InChI=1S/C16H18N2O4/c1-13-6-8-14(9-7-13)21-11-2-3-12-22-15-5-4-10-17-16(15)18(19)20/h4-10H,2-3,11-12H2,1H3. The van der Waals surface area contributed by atoms with E-state index < -0.39 is 4.92 Å². The van der Waals surface area contributed by atoms with Gasteiger partial charge in [0.25, 0.3) is 0 Å². The van der Waals surface area contributed by atoms with E-state index in [1.54, 1.807) is 12.1 Å². The molecular weight excluding hydrogens is 284 g/mol. The number of ether oxygens (including phenoxy) is 2. The summed E-state index contributed by atoms with van der Waals surface area (Å²) in [4.78, 5) is 13.9. The van der Waals surface area contributed by atoms with Crippen LogP contribution in [-0.4, -0.2) is 23.1 Å². The summed E-state index contributed by atoms with van der Waals surface area (Å²) in [5.41, 5.74) is 1.19. The average Bonchev–Trinajstić information content (AvgIpc) is 2.52. The minimum atomic E-state index is -0.546. The first-order chi connectivity index (χ1) is 10.7. The number of aryl methyl sites for hydroxylation is 1. The molecule has 1 aromatic heterocycles. The van der Waals surface area contributed by atoms with Crippen LogP contribution in [0.3, 0.4) is 0 Å². The molecule has 1 heterocycles. The summed E-state index contributed by atoms with van der Waals surface area (Å²) in [5.74, 6) is 0.791. The van der Waals surface area contributed by atoms with Crippen molar-refractivity contribution in [2.24, 2.45) is 0 Å². The van der Waals surface area contributed by atoms with Crippen molar-refractivity contribution < 1.29 is 14.4 Å². The van der Waals surface area contributed by atoms with Crippen LogP contribution in [0.1, 0.15) is 18.4 Å².